The van der Waals surface area contributed by atoms with Gasteiger partial charge in [-0.3, -0.25) is 4.79 Å². The van der Waals surface area contributed by atoms with Crippen molar-refractivity contribution in [2.45, 2.75) is 26.4 Å². The standard InChI is InChI=1S/C25H25NO4/c1-18(27)26-23-16-22(25(28)29-2)15-13-20(23)12-14-21-10-6-7-11-24(21)30-17-19-8-4-3-5-9-19/h3-11,13,15-16H,12,14,17H2,1-2H3,(H,26,27). The second kappa shape index (κ2) is 10.3. The highest BCUT2D eigenvalue weighted by atomic mass is 16.5. The summed E-state index contributed by atoms with van der Waals surface area (Å²) in [6.45, 7) is 1.95. The third-order valence-electron chi connectivity index (χ3n) is 4.72. The molecule has 3 aromatic rings. The zero-order chi connectivity index (χ0) is 21.3. The highest BCUT2D eigenvalue weighted by Gasteiger charge is 2.12. The maximum absolute atomic E-state index is 11.8. The maximum Gasteiger partial charge on any atom is 0.337 e. The van der Waals surface area contributed by atoms with Crippen LogP contribution >= 0.6 is 0 Å². The highest BCUT2D eigenvalue weighted by Crippen LogP contribution is 2.25. The molecule has 30 heavy (non-hydrogen) atoms. The predicted molar refractivity (Wildman–Crippen MR) is 117 cm³/mol. The number of ether oxygens (including phenoxy) is 2. The molecular formula is C25H25NO4. The Hall–Kier alpha value is -3.60. The molecule has 0 aromatic heterocycles. The van der Waals surface area contributed by atoms with Gasteiger partial charge in [-0.25, -0.2) is 4.79 Å². The van der Waals surface area contributed by atoms with Crippen LogP contribution in [-0.2, 0) is 29.0 Å². The molecule has 0 spiro atoms. The zero-order valence-electron chi connectivity index (χ0n) is 17.2. The molecule has 5 nitrogen and oxygen atoms in total. The van der Waals surface area contributed by atoms with Crippen LogP contribution in [-0.4, -0.2) is 19.0 Å². The van der Waals surface area contributed by atoms with Gasteiger partial charge in [0, 0.05) is 12.6 Å². The van der Waals surface area contributed by atoms with Crippen LogP contribution in [0.25, 0.3) is 0 Å². The molecule has 0 unspecified atom stereocenters. The summed E-state index contributed by atoms with van der Waals surface area (Å²) in [4.78, 5) is 23.4. The summed E-state index contributed by atoms with van der Waals surface area (Å²) < 4.78 is 10.8. The molecular weight excluding hydrogens is 378 g/mol. The van der Waals surface area contributed by atoms with Gasteiger partial charge in [0.2, 0.25) is 5.91 Å². The monoisotopic (exact) mass is 403 g/mol. The lowest BCUT2D eigenvalue weighted by atomic mass is 10.0. The molecule has 154 valence electrons. The minimum absolute atomic E-state index is 0.190. The number of esters is 1. The Balaban J connectivity index is 1.75. The molecule has 0 fully saturated rings. The summed E-state index contributed by atoms with van der Waals surface area (Å²) in [5.74, 6) is 0.214. The molecule has 3 rings (SSSR count). The molecule has 0 aliphatic rings. The van der Waals surface area contributed by atoms with Gasteiger partial charge in [-0.05, 0) is 47.7 Å². The van der Waals surface area contributed by atoms with Crippen molar-refractivity contribution in [1.29, 1.82) is 0 Å². The van der Waals surface area contributed by atoms with Crippen molar-refractivity contribution in [3.63, 3.8) is 0 Å². The third kappa shape index (κ3) is 5.70. The van der Waals surface area contributed by atoms with Crippen molar-refractivity contribution >= 4 is 17.6 Å². The lowest BCUT2D eigenvalue weighted by molar-refractivity contribution is -0.114. The first-order valence-corrected chi connectivity index (χ1v) is 9.80. The first-order valence-electron chi connectivity index (χ1n) is 9.80. The summed E-state index contributed by atoms with van der Waals surface area (Å²) in [5, 5.41) is 2.81. The van der Waals surface area contributed by atoms with Crippen molar-refractivity contribution in [3.05, 3.63) is 95.1 Å². The maximum atomic E-state index is 11.8. The molecule has 0 heterocycles. The Morgan fingerprint density at radius 1 is 0.867 bits per heavy atom. The molecule has 0 atom stereocenters. The Morgan fingerprint density at radius 3 is 2.30 bits per heavy atom. The van der Waals surface area contributed by atoms with Crippen molar-refractivity contribution in [2.24, 2.45) is 0 Å². The number of hydrogen-bond donors (Lipinski definition) is 1. The SMILES string of the molecule is COC(=O)c1ccc(CCc2ccccc2OCc2ccccc2)c(NC(C)=O)c1. The van der Waals surface area contributed by atoms with Crippen LogP contribution in [0.3, 0.4) is 0 Å². The van der Waals surface area contributed by atoms with E-state index >= 15 is 0 Å². The number of rotatable bonds is 8. The van der Waals surface area contributed by atoms with Gasteiger partial charge in [0.25, 0.3) is 0 Å². The molecule has 1 N–H and O–H groups in total. The van der Waals surface area contributed by atoms with E-state index in [2.05, 4.69) is 5.32 Å². The van der Waals surface area contributed by atoms with Crippen LogP contribution < -0.4 is 10.1 Å². The lowest BCUT2D eigenvalue weighted by Crippen LogP contribution is -2.11. The Kier molecular flexibility index (Phi) is 7.22. The van der Waals surface area contributed by atoms with Crippen LogP contribution in [0.5, 0.6) is 5.75 Å². The summed E-state index contributed by atoms with van der Waals surface area (Å²) in [6.07, 6.45) is 1.41. The van der Waals surface area contributed by atoms with E-state index in [4.69, 9.17) is 9.47 Å². The van der Waals surface area contributed by atoms with E-state index < -0.39 is 5.97 Å². The highest BCUT2D eigenvalue weighted by molar-refractivity contribution is 5.94. The van der Waals surface area contributed by atoms with E-state index in [-0.39, 0.29) is 5.91 Å². The van der Waals surface area contributed by atoms with Gasteiger partial charge in [-0.15, -0.1) is 0 Å². The Labute approximate surface area is 176 Å². The van der Waals surface area contributed by atoms with Crippen molar-refractivity contribution in [2.75, 3.05) is 12.4 Å². The molecule has 0 saturated carbocycles. The smallest absolute Gasteiger partial charge is 0.337 e. The van der Waals surface area contributed by atoms with E-state index in [0.717, 1.165) is 28.9 Å². The third-order valence-corrected chi connectivity index (χ3v) is 4.72. The molecule has 0 bridgehead atoms. The molecule has 0 aliphatic carbocycles. The zero-order valence-corrected chi connectivity index (χ0v) is 17.2. The molecule has 0 saturated heterocycles. The largest absolute Gasteiger partial charge is 0.489 e. The molecule has 0 aliphatic heterocycles. The summed E-state index contributed by atoms with van der Waals surface area (Å²) >= 11 is 0. The number of anilines is 1. The first kappa shape index (κ1) is 21.1. The van der Waals surface area contributed by atoms with E-state index in [0.29, 0.717) is 24.3 Å². The number of nitrogens with one attached hydrogen (secondary N) is 1. The number of carbonyl (C=O) groups is 2. The van der Waals surface area contributed by atoms with Gasteiger partial charge in [-0.2, -0.15) is 0 Å². The molecule has 5 heteroatoms. The number of carbonyl (C=O) groups excluding carboxylic acids is 2. The fourth-order valence-electron chi connectivity index (χ4n) is 3.20. The van der Waals surface area contributed by atoms with E-state index in [9.17, 15) is 9.59 Å². The van der Waals surface area contributed by atoms with Crippen LogP contribution in [0.2, 0.25) is 0 Å². The van der Waals surface area contributed by atoms with Gasteiger partial charge in [-0.1, -0.05) is 54.6 Å². The first-order chi connectivity index (χ1) is 14.6. The number of benzene rings is 3. The lowest BCUT2D eigenvalue weighted by Gasteiger charge is -2.14. The van der Waals surface area contributed by atoms with Gasteiger partial charge >= 0.3 is 5.97 Å². The van der Waals surface area contributed by atoms with Gasteiger partial charge in [0.05, 0.1) is 12.7 Å². The second-order valence-corrected chi connectivity index (χ2v) is 6.93. The number of aryl methyl sites for hydroxylation is 2. The second-order valence-electron chi connectivity index (χ2n) is 6.93. The number of methoxy groups -OCH3 is 1. The van der Waals surface area contributed by atoms with E-state index in [1.165, 1.54) is 14.0 Å². The van der Waals surface area contributed by atoms with Crippen LogP contribution in [0.15, 0.2) is 72.8 Å². The van der Waals surface area contributed by atoms with E-state index in [1.807, 2.05) is 60.7 Å². The molecule has 3 aromatic carbocycles. The number of para-hydroxylation sites is 1. The minimum Gasteiger partial charge on any atom is -0.489 e. The molecule has 1 amide bonds. The Bertz CT molecular complexity index is 1010. The van der Waals surface area contributed by atoms with Crippen LogP contribution in [0.4, 0.5) is 5.69 Å². The number of amides is 1. The summed E-state index contributed by atoms with van der Waals surface area (Å²) in [7, 11) is 1.33. The fourth-order valence-corrected chi connectivity index (χ4v) is 3.20. The Morgan fingerprint density at radius 2 is 1.57 bits per heavy atom. The van der Waals surface area contributed by atoms with Crippen LogP contribution in [0.1, 0.15) is 34.0 Å². The quantitative estimate of drug-likeness (QED) is 0.549. The van der Waals surface area contributed by atoms with E-state index in [1.54, 1.807) is 12.1 Å². The van der Waals surface area contributed by atoms with Gasteiger partial charge in [0.1, 0.15) is 12.4 Å². The number of hydrogen-bond acceptors (Lipinski definition) is 4. The summed E-state index contributed by atoms with van der Waals surface area (Å²) in [6, 6.07) is 23.2. The van der Waals surface area contributed by atoms with Gasteiger partial charge in [0.15, 0.2) is 0 Å². The minimum atomic E-state index is -0.437. The van der Waals surface area contributed by atoms with Crippen molar-refractivity contribution < 1.29 is 19.1 Å². The average molecular weight is 403 g/mol. The van der Waals surface area contributed by atoms with Crippen molar-refractivity contribution in [1.82, 2.24) is 0 Å². The normalized spacial score (nSPS) is 10.3. The predicted octanol–water partition coefficient (Wildman–Crippen LogP) is 4.80. The average Bonchev–Trinajstić information content (AvgIpc) is 2.77. The topological polar surface area (TPSA) is 64.6 Å². The van der Waals surface area contributed by atoms with Crippen molar-refractivity contribution in [3.8, 4) is 5.75 Å². The van der Waals surface area contributed by atoms with Crippen LogP contribution in [0, 0.1) is 0 Å². The molecule has 0 radical (unpaired) electrons. The summed E-state index contributed by atoms with van der Waals surface area (Å²) in [5.41, 5.74) is 4.15. The fraction of sp³-hybridized carbons (Fsp3) is 0.200. The van der Waals surface area contributed by atoms with Gasteiger partial charge < -0.3 is 14.8 Å².